The van der Waals surface area contributed by atoms with Crippen molar-refractivity contribution in [3.63, 3.8) is 0 Å². The molecule has 0 radical (unpaired) electrons. The molecule has 80 valence electrons. The van der Waals surface area contributed by atoms with Crippen molar-refractivity contribution in [2.24, 2.45) is 5.41 Å². The maximum Gasteiger partial charge on any atom is 0.0745 e. The zero-order valence-electron chi connectivity index (χ0n) is 9.42. The van der Waals surface area contributed by atoms with Crippen molar-refractivity contribution in [2.45, 2.75) is 52.1 Å². The monoisotopic (exact) mass is 194 g/mol. The Balaban J connectivity index is 2.39. The van der Waals surface area contributed by atoms with Crippen LogP contribution in [0, 0.1) is 5.41 Å². The van der Waals surface area contributed by atoms with Gasteiger partial charge in [0.15, 0.2) is 0 Å². The van der Waals surface area contributed by atoms with Crippen molar-refractivity contribution in [3.05, 3.63) is 24.3 Å². The number of rotatable bonds is 4. The lowest BCUT2D eigenvalue weighted by Crippen LogP contribution is -2.19. The first-order valence-corrected chi connectivity index (χ1v) is 5.55. The minimum atomic E-state index is -0.317. The third kappa shape index (κ3) is 3.30. The van der Waals surface area contributed by atoms with Crippen LogP contribution in [-0.4, -0.2) is 11.2 Å². The van der Waals surface area contributed by atoms with Gasteiger partial charge in [0, 0.05) is 0 Å². The molecule has 0 aromatic carbocycles. The number of hydrogen-bond acceptors (Lipinski definition) is 1. The van der Waals surface area contributed by atoms with E-state index in [0.29, 0.717) is 5.41 Å². The summed E-state index contributed by atoms with van der Waals surface area (Å²) in [5, 5.41) is 9.65. The van der Waals surface area contributed by atoms with Gasteiger partial charge in [0.1, 0.15) is 0 Å². The van der Waals surface area contributed by atoms with Crippen molar-refractivity contribution >= 4 is 0 Å². The van der Waals surface area contributed by atoms with Gasteiger partial charge in [0.25, 0.3) is 0 Å². The minimum Gasteiger partial charge on any atom is -0.389 e. The molecule has 0 fully saturated rings. The van der Waals surface area contributed by atoms with Gasteiger partial charge >= 0.3 is 0 Å². The Kier molecular flexibility index (Phi) is 3.94. The van der Waals surface area contributed by atoms with Crippen molar-refractivity contribution in [1.82, 2.24) is 0 Å². The fraction of sp³-hybridized carbons (Fsp3) is 0.692. The smallest absolute Gasteiger partial charge is 0.0745 e. The molecule has 14 heavy (non-hydrogen) atoms. The fourth-order valence-corrected chi connectivity index (χ4v) is 2.00. The van der Waals surface area contributed by atoms with Crippen LogP contribution in [0.1, 0.15) is 46.0 Å². The summed E-state index contributed by atoms with van der Waals surface area (Å²) in [5.74, 6) is 0. The summed E-state index contributed by atoms with van der Waals surface area (Å²) in [6, 6.07) is 0. The Labute approximate surface area is 87.5 Å². The molecule has 2 atom stereocenters. The second kappa shape index (κ2) is 4.79. The summed E-state index contributed by atoms with van der Waals surface area (Å²) in [7, 11) is 0. The van der Waals surface area contributed by atoms with E-state index in [-0.39, 0.29) is 6.10 Å². The van der Waals surface area contributed by atoms with Gasteiger partial charge in [0.2, 0.25) is 0 Å². The number of aliphatic hydroxyl groups is 1. The van der Waals surface area contributed by atoms with Crippen molar-refractivity contribution in [1.29, 1.82) is 0 Å². The fourth-order valence-electron chi connectivity index (χ4n) is 2.00. The molecular formula is C13H22O. The summed E-state index contributed by atoms with van der Waals surface area (Å²) >= 11 is 0. The van der Waals surface area contributed by atoms with Crippen LogP contribution in [0.2, 0.25) is 0 Å². The molecule has 1 N–H and O–H groups in total. The van der Waals surface area contributed by atoms with E-state index in [1.54, 1.807) is 0 Å². The second-order valence-electron chi connectivity index (χ2n) is 4.85. The average molecular weight is 194 g/mol. The van der Waals surface area contributed by atoms with E-state index in [2.05, 4.69) is 25.7 Å². The Morgan fingerprint density at radius 2 is 2.36 bits per heavy atom. The standard InChI is InChI=1S/C13H22O/c1-11(2)12(14)7-10-13(3)8-5-4-6-9-13/h5,8,12,14H,1,4,6-7,9-10H2,2-3H3/t12?,13-/m0/s1. The molecule has 0 bridgehead atoms. The van der Waals surface area contributed by atoms with Crippen molar-refractivity contribution < 1.29 is 5.11 Å². The molecule has 1 nitrogen and oxygen atoms in total. The molecular weight excluding hydrogens is 172 g/mol. The first-order valence-electron chi connectivity index (χ1n) is 5.55. The summed E-state index contributed by atoms with van der Waals surface area (Å²) in [6.07, 6.45) is 9.95. The summed E-state index contributed by atoms with van der Waals surface area (Å²) in [6.45, 7) is 7.95. The largest absolute Gasteiger partial charge is 0.389 e. The Morgan fingerprint density at radius 1 is 1.64 bits per heavy atom. The summed E-state index contributed by atoms with van der Waals surface area (Å²) in [4.78, 5) is 0. The molecule has 0 heterocycles. The minimum absolute atomic E-state index is 0.314. The van der Waals surface area contributed by atoms with E-state index in [1.165, 1.54) is 19.3 Å². The highest BCUT2D eigenvalue weighted by atomic mass is 16.3. The third-order valence-corrected chi connectivity index (χ3v) is 3.20. The Hall–Kier alpha value is -0.560. The van der Waals surface area contributed by atoms with E-state index in [0.717, 1.165) is 18.4 Å². The SMILES string of the molecule is C=C(C)C(O)CC[C@@]1(C)C=CCCC1. The highest BCUT2D eigenvalue weighted by Gasteiger charge is 2.23. The van der Waals surface area contributed by atoms with Gasteiger partial charge in [0.05, 0.1) is 6.10 Å². The lowest BCUT2D eigenvalue weighted by atomic mass is 9.76. The molecule has 0 saturated carbocycles. The van der Waals surface area contributed by atoms with Crippen LogP contribution in [0.15, 0.2) is 24.3 Å². The van der Waals surface area contributed by atoms with Gasteiger partial charge in [-0.15, -0.1) is 0 Å². The quantitative estimate of drug-likeness (QED) is 0.680. The van der Waals surface area contributed by atoms with Crippen LogP contribution >= 0.6 is 0 Å². The van der Waals surface area contributed by atoms with Crippen LogP contribution < -0.4 is 0 Å². The van der Waals surface area contributed by atoms with E-state index >= 15 is 0 Å². The molecule has 1 rings (SSSR count). The molecule has 0 aliphatic heterocycles. The zero-order chi connectivity index (χ0) is 10.6. The molecule has 0 saturated heterocycles. The predicted molar refractivity (Wildman–Crippen MR) is 61.2 cm³/mol. The van der Waals surface area contributed by atoms with Gasteiger partial charge < -0.3 is 5.11 Å². The Morgan fingerprint density at radius 3 is 2.86 bits per heavy atom. The normalized spacial score (nSPS) is 28.8. The molecule has 0 aromatic heterocycles. The first kappa shape index (κ1) is 11.5. The Bertz CT molecular complexity index is 229. The van der Waals surface area contributed by atoms with Crippen LogP contribution in [0.3, 0.4) is 0 Å². The van der Waals surface area contributed by atoms with Gasteiger partial charge in [-0.2, -0.15) is 0 Å². The molecule has 1 aliphatic rings. The predicted octanol–water partition coefficient (Wildman–Crippen LogP) is 3.45. The summed E-state index contributed by atoms with van der Waals surface area (Å²) < 4.78 is 0. The highest BCUT2D eigenvalue weighted by Crippen LogP contribution is 2.35. The summed E-state index contributed by atoms with van der Waals surface area (Å²) in [5.41, 5.74) is 1.20. The topological polar surface area (TPSA) is 20.2 Å². The van der Waals surface area contributed by atoms with Crippen molar-refractivity contribution in [2.75, 3.05) is 0 Å². The van der Waals surface area contributed by atoms with Crippen LogP contribution in [0.4, 0.5) is 0 Å². The van der Waals surface area contributed by atoms with Gasteiger partial charge in [-0.25, -0.2) is 0 Å². The molecule has 1 unspecified atom stereocenters. The lowest BCUT2D eigenvalue weighted by Gasteiger charge is -2.29. The molecule has 0 amide bonds. The first-order chi connectivity index (χ1) is 6.53. The van der Waals surface area contributed by atoms with E-state index in [4.69, 9.17) is 0 Å². The molecule has 0 aromatic rings. The number of hydrogen-bond donors (Lipinski definition) is 1. The van der Waals surface area contributed by atoms with Gasteiger partial charge in [-0.05, 0) is 44.4 Å². The zero-order valence-corrected chi connectivity index (χ0v) is 9.42. The van der Waals surface area contributed by atoms with Crippen LogP contribution in [-0.2, 0) is 0 Å². The maximum atomic E-state index is 9.65. The van der Waals surface area contributed by atoms with Gasteiger partial charge in [-0.1, -0.05) is 31.2 Å². The van der Waals surface area contributed by atoms with E-state index in [1.807, 2.05) is 6.92 Å². The van der Waals surface area contributed by atoms with Crippen LogP contribution in [0.5, 0.6) is 0 Å². The van der Waals surface area contributed by atoms with E-state index in [9.17, 15) is 5.11 Å². The van der Waals surface area contributed by atoms with Crippen molar-refractivity contribution in [3.8, 4) is 0 Å². The second-order valence-corrected chi connectivity index (χ2v) is 4.85. The number of aliphatic hydroxyl groups excluding tert-OH is 1. The van der Waals surface area contributed by atoms with Crippen LogP contribution in [0.25, 0.3) is 0 Å². The number of allylic oxidation sites excluding steroid dienone is 2. The molecule has 0 spiro atoms. The highest BCUT2D eigenvalue weighted by molar-refractivity contribution is 5.03. The maximum absolute atomic E-state index is 9.65. The lowest BCUT2D eigenvalue weighted by molar-refractivity contribution is 0.175. The van der Waals surface area contributed by atoms with E-state index < -0.39 is 0 Å². The molecule has 1 heteroatoms. The average Bonchev–Trinajstić information content (AvgIpc) is 2.15. The third-order valence-electron chi connectivity index (χ3n) is 3.20. The molecule has 1 aliphatic carbocycles. The van der Waals surface area contributed by atoms with Gasteiger partial charge in [-0.3, -0.25) is 0 Å².